The molecule has 0 aliphatic rings. The maximum absolute atomic E-state index is 9.96. The SMILES string of the molecule is CN(CC(=O)O)CC(=O)O.OB(O)c1ccncc1. The van der Waals surface area contributed by atoms with Gasteiger partial charge in [-0.05, 0) is 24.6 Å². The molecular formula is C10H15BN2O6. The monoisotopic (exact) mass is 270 g/mol. The van der Waals surface area contributed by atoms with Crippen LogP contribution in [-0.2, 0) is 9.59 Å². The molecule has 19 heavy (non-hydrogen) atoms. The molecule has 9 heteroatoms. The maximum Gasteiger partial charge on any atom is 0.488 e. The summed E-state index contributed by atoms with van der Waals surface area (Å²) in [5.74, 6) is -2.05. The van der Waals surface area contributed by atoms with E-state index in [2.05, 4.69) is 4.98 Å². The van der Waals surface area contributed by atoms with Gasteiger partial charge >= 0.3 is 19.1 Å². The molecule has 0 unspecified atom stereocenters. The normalized spacial score (nSPS) is 9.47. The first-order chi connectivity index (χ1) is 8.82. The van der Waals surface area contributed by atoms with Gasteiger partial charge in [-0.15, -0.1) is 0 Å². The molecule has 0 bridgehead atoms. The van der Waals surface area contributed by atoms with E-state index in [1.165, 1.54) is 24.3 Å². The number of carbonyl (C=O) groups is 2. The van der Waals surface area contributed by atoms with E-state index in [-0.39, 0.29) is 13.1 Å². The van der Waals surface area contributed by atoms with Crippen molar-refractivity contribution >= 4 is 24.5 Å². The largest absolute Gasteiger partial charge is 0.488 e. The molecule has 104 valence electrons. The summed E-state index contributed by atoms with van der Waals surface area (Å²) in [4.78, 5) is 24.8. The number of likely N-dealkylation sites (N-methyl/N-ethyl adjacent to an activating group) is 1. The van der Waals surface area contributed by atoms with Gasteiger partial charge in [0.2, 0.25) is 0 Å². The van der Waals surface area contributed by atoms with Crippen LogP contribution >= 0.6 is 0 Å². The number of rotatable bonds is 5. The molecule has 1 aromatic rings. The first-order valence-electron chi connectivity index (χ1n) is 5.21. The Hall–Kier alpha value is -1.97. The van der Waals surface area contributed by atoms with Gasteiger partial charge in [0, 0.05) is 12.4 Å². The topological polar surface area (TPSA) is 131 Å². The number of nitrogens with zero attached hydrogens (tertiary/aromatic N) is 2. The molecule has 0 aliphatic heterocycles. The minimum atomic E-state index is -1.38. The van der Waals surface area contributed by atoms with Crippen LogP contribution in [0.1, 0.15) is 0 Å². The zero-order chi connectivity index (χ0) is 14.8. The minimum Gasteiger partial charge on any atom is -0.480 e. The second kappa shape index (κ2) is 9.03. The van der Waals surface area contributed by atoms with E-state index in [9.17, 15) is 9.59 Å². The van der Waals surface area contributed by atoms with Crippen molar-refractivity contribution in [2.75, 3.05) is 20.1 Å². The first-order valence-corrected chi connectivity index (χ1v) is 5.21. The van der Waals surface area contributed by atoms with Gasteiger partial charge in [0.25, 0.3) is 0 Å². The summed E-state index contributed by atoms with van der Waals surface area (Å²) in [5, 5.41) is 33.4. The number of aliphatic carboxylic acids is 2. The summed E-state index contributed by atoms with van der Waals surface area (Å²) in [5.41, 5.74) is 0.463. The number of hydrogen-bond acceptors (Lipinski definition) is 6. The third-order valence-electron chi connectivity index (χ3n) is 1.81. The van der Waals surface area contributed by atoms with Crippen LogP contribution in [0.15, 0.2) is 24.5 Å². The summed E-state index contributed by atoms with van der Waals surface area (Å²) in [6.45, 7) is -0.488. The molecule has 0 amide bonds. The number of aromatic nitrogens is 1. The van der Waals surface area contributed by atoms with E-state index in [0.29, 0.717) is 5.46 Å². The van der Waals surface area contributed by atoms with Crippen molar-refractivity contribution in [2.45, 2.75) is 0 Å². The van der Waals surface area contributed by atoms with Gasteiger partial charge in [-0.2, -0.15) is 0 Å². The summed E-state index contributed by atoms with van der Waals surface area (Å²) >= 11 is 0. The van der Waals surface area contributed by atoms with Gasteiger partial charge in [-0.3, -0.25) is 19.5 Å². The molecule has 1 heterocycles. The summed E-state index contributed by atoms with van der Waals surface area (Å²) < 4.78 is 0. The van der Waals surface area contributed by atoms with E-state index in [1.54, 1.807) is 12.1 Å². The third-order valence-corrected chi connectivity index (χ3v) is 1.81. The van der Waals surface area contributed by atoms with Crippen molar-refractivity contribution in [1.82, 2.24) is 9.88 Å². The van der Waals surface area contributed by atoms with Gasteiger partial charge < -0.3 is 20.3 Å². The van der Waals surface area contributed by atoms with Gasteiger partial charge in [0.1, 0.15) is 0 Å². The number of hydrogen-bond donors (Lipinski definition) is 4. The Morgan fingerprint density at radius 3 is 1.84 bits per heavy atom. The summed E-state index contributed by atoms with van der Waals surface area (Å²) in [7, 11) is 0.0513. The molecule has 0 spiro atoms. The number of carboxylic acids is 2. The first kappa shape index (κ1) is 17.0. The van der Waals surface area contributed by atoms with Crippen LogP contribution < -0.4 is 5.46 Å². The lowest BCUT2D eigenvalue weighted by molar-refractivity contribution is -0.141. The van der Waals surface area contributed by atoms with Crippen LogP contribution in [0.2, 0.25) is 0 Å². The van der Waals surface area contributed by atoms with E-state index in [1.807, 2.05) is 0 Å². The standard InChI is InChI=1S/C5H6BNO2.C5H9NO4/c8-6(9)5-1-3-7-4-2-5;1-6(2-4(7)8)3-5(9)10/h1-4,8-9H;2-3H2,1H3,(H,7,8)(H,9,10). The highest BCUT2D eigenvalue weighted by Crippen LogP contribution is 1.80. The van der Waals surface area contributed by atoms with E-state index >= 15 is 0 Å². The zero-order valence-corrected chi connectivity index (χ0v) is 10.3. The lowest BCUT2D eigenvalue weighted by Crippen LogP contribution is -2.30. The second-order valence-corrected chi connectivity index (χ2v) is 3.61. The summed E-state index contributed by atoms with van der Waals surface area (Å²) in [6, 6.07) is 3.09. The highest BCUT2D eigenvalue weighted by Gasteiger charge is 2.08. The van der Waals surface area contributed by atoms with Crippen LogP contribution in [0.5, 0.6) is 0 Å². The van der Waals surface area contributed by atoms with Crippen molar-refractivity contribution in [1.29, 1.82) is 0 Å². The molecule has 0 aromatic carbocycles. The van der Waals surface area contributed by atoms with Crippen LogP contribution in [0.3, 0.4) is 0 Å². The second-order valence-electron chi connectivity index (χ2n) is 3.61. The van der Waals surface area contributed by atoms with Crippen LogP contribution in [0.4, 0.5) is 0 Å². The molecule has 0 aliphatic carbocycles. The quantitative estimate of drug-likeness (QED) is 0.445. The number of pyridine rings is 1. The Balaban J connectivity index is 0.000000342. The van der Waals surface area contributed by atoms with Crippen molar-refractivity contribution < 1.29 is 29.9 Å². The van der Waals surface area contributed by atoms with Crippen LogP contribution in [0, 0.1) is 0 Å². The Kier molecular flexibility index (Phi) is 8.10. The molecule has 0 saturated heterocycles. The van der Waals surface area contributed by atoms with Crippen molar-refractivity contribution in [3.8, 4) is 0 Å². The lowest BCUT2D eigenvalue weighted by Gasteiger charge is -2.08. The highest BCUT2D eigenvalue weighted by atomic mass is 16.4. The molecule has 1 rings (SSSR count). The van der Waals surface area contributed by atoms with E-state index in [0.717, 1.165) is 0 Å². The fraction of sp³-hybridized carbons (Fsp3) is 0.300. The van der Waals surface area contributed by atoms with Crippen molar-refractivity contribution in [3.05, 3.63) is 24.5 Å². The smallest absolute Gasteiger partial charge is 0.480 e. The van der Waals surface area contributed by atoms with E-state index < -0.39 is 19.1 Å². The zero-order valence-electron chi connectivity index (χ0n) is 10.3. The molecule has 0 fully saturated rings. The highest BCUT2D eigenvalue weighted by molar-refractivity contribution is 6.58. The average Bonchev–Trinajstić information content (AvgIpc) is 2.28. The molecule has 4 N–H and O–H groups in total. The molecule has 8 nitrogen and oxygen atoms in total. The molecular weight excluding hydrogens is 255 g/mol. The Morgan fingerprint density at radius 1 is 1.16 bits per heavy atom. The fourth-order valence-electron chi connectivity index (χ4n) is 1.05. The molecule has 0 radical (unpaired) electrons. The van der Waals surface area contributed by atoms with Crippen LogP contribution in [0.25, 0.3) is 0 Å². The minimum absolute atomic E-state index is 0.244. The predicted molar refractivity (Wildman–Crippen MR) is 66.8 cm³/mol. The van der Waals surface area contributed by atoms with Gasteiger partial charge in [-0.25, -0.2) is 0 Å². The Bertz CT molecular complexity index is 384. The fourth-order valence-corrected chi connectivity index (χ4v) is 1.05. The van der Waals surface area contributed by atoms with Gasteiger partial charge in [0.15, 0.2) is 0 Å². The summed E-state index contributed by atoms with van der Waals surface area (Å²) in [6.07, 6.45) is 3.02. The lowest BCUT2D eigenvalue weighted by atomic mass is 9.81. The van der Waals surface area contributed by atoms with Gasteiger partial charge in [0.05, 0.1) is 13.1 Å². The maximum atomic E-state index is 9.96. The number of carboxylic acid groups (broad SMARTS) is 2. The third kappa shape index (κ3) is 9.71. The Labute approximate surface area is 110 Å². The van der Waals surface area contributed by atoms with Gasteiger partial charge in [-0.1, -0.05) is 0 Å². The van der Waals surface area contributed by atoms with Crippen molar-refractivity contribution in [3.63, 3.8) is 0 Å². The molecule has 0 saturated carbocycles. The molecule has 1 aromatic heterocycles. The Morgan fingerprint density at radius 2 is 1.58 bits per heavy atom. The van der Waals surface area contributed by atoms with Crippen LogP contribution in [-0.4, -0.2) is 69.3 Å². The van der Waals surface area contributed by atoms with E-state index in [4.69, 9.17) is 20.3 Å². The average molecular weight is 270 g/mol. The predicted octanol–water partition coefficient (Wildman–Crippen LogP) is -2.15. The van der Waals surface area contributed by atoms with Crippen molar-refractivity contribution in [2.24, 2.45) is 0 Å². The molecule has 0 atom stereocenters.